The topological polar surface area (TPSA) is 78.3 Å². The Bertz CT molecular complexity index is 425. The van der Waals surface area contributed by atoms with Crippen LogP contribution in [0.2, 0.25) is 0 Å². The molecule has 0 bridgehead atoms. The number of hydrogen-bond donors (Lipinski definition) is 2. The molecule has 1 aromatic rings. The third-order valence-electron chi connectivity index (χ3n) is 1.79. The average molecular weight is 226 g/mol. The number of halogens is 1. The van der Waals surface area contributed by atoms with E-state index in [1.165, 1.54) is 6.07 Å². The van der Waals surface area contributed by atoms with Crippen LogP contribution in [0.1, 0.15) is 31.1 Å². The van der Waals surface area contributed by atoms with Crippen LogP contribution in [0.3, 0.4) is 0 Å². The maximum absolute atomic E-state index is 13.4. The molecule has 0 fully saturated rings. The van der Waals surface area contributed by atoms with Crippen LogP contribution in [0.15, 0.2) is 12.1 Å². The van der Waals surface area contributed by atoms with Gasteiger partial charge < -0.3 is 16.2 Å². The number of rotatable bonds is 1. The van der Waals surface area contributed by atoms with Crippen LogP contribution in [0.4, 0.5) is 15.8 Å². The van der Waals surface area contributed by atoms with Gasteiger partial charge in [0.05, 0.1) is 16.9 Å². The smallest absolute Gasteiger partial charge is 0.341 e. The summed E-state index contributed by atoms with van der Waals surface area (Å²) in [4.78, 5) is 11.6. The first kappa shape index (κ1) is 12.3. The largest absolute Gasteiger partial charge is 0.456 e. The van der Waals surface area contributed by atoms with Gasteiger partial charge in [-0.25, -0.2) is 9.18 Å². The van der Waals surface area contributed by atoms with E-state index >= 15 is 0 Å². The minimum Gasteiger partial charge on any atom is -0.456 e. The molecule has 1 aromatic carbocycles. The van der Waals surface area contributed by atoms with Gasteiger partial charge in [0.25, 0.3) is 0 Å². The summed E-state index contributed by atoms with van der Waals surface area (Å²) in [5.74, 6) is -1.49. The molecule has 0 amide bonds. The van der Waals surface area contributed by atoms with Crippen LogP contribution in [0.5, 0.6) is 0 Å². The quantitative estimate of drug-likeness (QED) is 0.566. The predicted molar refractivity (Wildman–Crippen MR) is 60.4 cm³/mol. The van der Waals surface area contributed by atoms with E-state index in [-0.39, 0.29) is 16.9 Å². The Kier molecular flexibility index (Phi) is 3.07. The molecule has 16 heavy (non-hydrogen) atoms. The van der Waals surface area contributed by atoms with Crippen molar-refractivity contribution in [3.8, 4) is 0 Å². The lowest BCUT2D eigenvalue weighted by molar-refractivity contribution is 0.00648. The highest BCUT2D eigenvalue weighted by Crippen LogP contribution is 2.22. The number of hydrogen-bond acceptors (Lipinski definition) is 4. The summed E-state index contributed by atoms with van der Waals surface area (Å²) in [6.45, 7) is 5.09. The molecule has 4 N–H and O–H groups in total. The van der Waals surface area contributed by atoms with Crippen LogP contribution >= 0.6 is 0 Å². The second-order valence-electron chi connectivity index (χ2n) is 4.46. The van der Waals surface area contributed by atoms with Crippen LogP contribution in [0, 0.1) is 5.82 Å². The second kappa shape index (κ2) is 4.00. The van der Waals surface area contributed by atoms with Gasteiger partial charge in [-0.2, -0.15) is 0 Å². The maximum Gasteiger partial charge on any atom is 0.341 e. The van der Waals surface area contributed by atoms with Gasteiger partial charge in [-0.1, -0.05) is 0 Å². The van der Waals surface area contributed by atoms with Gasteiger partial charge in [0.2, 0.25) is 0 Å². The van der Waals surface area contributed by atoms with Gasteiger partial charge in [0, 0.05) is 0 Å². The van der Waals surface area contributed by atoms with Crippen LogP contribution in [0.25, 0.3) is 0 Å². The standard InChI is InChI=1S/C11H15FN2O2/c1-11(2,3)16-10(15)6-4-8(13)9(14)5-7(6)12/h4-5H,13-14H2,1-3H3. The van der Waals surface area contributed by atoms with Crippen LogP contribution in [-0.4, -0.2) is 11.6 Å². The highest BCUT2D eigenvalue weighted by atomic mass is 19.1. The monoisotopic (exact) mass is 226 g/mol. The number of nitrogen functional groups attached to an aromatic ring is 2. The Labute approximate surface area is 93.4 Å². The van der Waals surface area contributed by atoms with E-state index in [1.54, 1.807) is 20.8 Å². The zero-order chi connectivity index (χ0) is 12.5. The number of nitrogens with two attached hydrogens (primary N) is 2. The molecule has 0 aliphatic heterocycles. The van der Waals surface area contributed by atoms with Crippen molar-refractivity contribution < 1.29 is 13.9 Å². The maximum atomic E-state index is 13.4. The Balaban J connectivity index is 3.05. The third kappa shape index (κ3) is 2.85. The highest BCUT2D eigenvalue weighted by molar-refractivity contribution is 5.92. The van der Waals surface area contributed by atoms with E-state index in [9.17, 15) is 9.18 Å². The van der Waals surface area contributed by atoms with Crippen molar-refractivity contribution in [3.63, 3.8) is 0 Å². The molecule has 5 heteroatoms. The lowest BCUT2D eigenvalue weighted by Crippen LogP contribution is -2.24. The fourth-order valence-electron chi connectivity index (χ4n) is 1.09. The Morgan fingerprint density at radius 1 is 1.25 bits per heavy atom. The molecule has 0 aliphatic carbocycles. The number of benzene rings is 1. The van der Waals surface area contributed by atoms with Gasteiger partial charge in [-0.05, 0) is 32.9 Å². The van der Waals surface area contributed by atoms with Crippen molar-refractivity contribution in [3.05, 3.63) is 23.5 Å². The van der Waals surface area contributed by atoms with Crippen molar-refractivity contribution in [2.45, 2.75) is 26.4 Å². The Hall–Kier alpha value is -1.78. The second-order valence-corrected chi connectivity index (χ2v) is 4.46. The molecule has 0 aliphatic rings. The number of carbonyl (C=O) groups excluding carboxylic acids is 1. The third-order valence-corrected chi connectivity index (χ3v) is 1.79. The molecule has 0 aromatic heterocycles. The summed E-state index contributed by atoms with van der Waals surface area (Å²) >= 11 is 0. The molecular weight excluding hydrogens is 211 g/mol. The van der Waals surface area contributed by atoms with E-state index in [0.717, 1.165) is 6.07 Å². The summed E-state index contributed by atoms with van der Waals surface area (Å²) in [6.07, 6.45) is 0. The first-order valence-electron chi connectivity index (χ1n) is 4.78. The van der Waals surface area contributed by atoms with Gasteiger partial charge in [0.1, 0.15) is 11.4 Å². The zero-order valence-corrected chi connectivity index (χ0v) is 9.50. The number of esters is 1. The van der Waals surface area contributed by atoms with Gasteiger partial charge in [0.15, 0.2) is 0 Å². The number of carbonyl (C=O) groups is 1. The van der Waals surface area contributed by atoms with E-state index in [2.05, 4.69) is 0 Å². The molecule has 88 valence electrons. The SMILES string of the molecule is CC(C)(C)OC(=O)c1cc(N)c(N)cc1F. The molecule has 0 heterocycles. The Morgan fingerprint density at radius 3 is 2.25 bits per heavy atom. The fourth-order valence-corrected chi connectivity index (χ4v) is 1.09. The van der Waals surface area contributed by atoms with E-state index in [4.69, 9.17) is 16.2 Å². The number of anilines is 2. The van der Waals surface area contributed by atoms with Crippen molar-refractivity contribution in [2.24, 2.45) is 0 Å². The molecule has 4 nitrogen and oxygen atoms in total. The molecule has 0 unspecified atom stereocenters. The fraction of sp³-hybridized carbons (Fsp3) is 0.364. The number of ether oxygens (including phenoxy) is 1. The normalized spacial score (nSPS) is 11.2. The average Bonchev–Trinajstić information content (AvgIpc) is 2.08. The minimum absolute atomic E-state index is 0.102. The lowest BCUT2D eigenvalue weighted by Gasteiger charge is -2.19. The first-order chi connectivity index (χ1) is 7.20. The van der Waals surface area contributed by atoms with Crippen molar-refractivity contribution in [2.75, 3.05) is 11.5 Å². The summed E-state index contributed by atoms with van der Waals surface area (Å²) < 4.78 is 18.4. The van der Waals surface area contributed by atoms with Gasteiger partial charge >= 0.3 is 5.97 Å². The molecular formula is C11H15FN2O2. The van der Waals surface area contributed by atoms with Crippen molar-refractivity contribution in [1.82, 2.24) is 0 Å². The first-order valence-corrected chi connectivity index (χ1v) is 4.78. The lowest BCUT2D eigenvalue weighted by atomic mass is 10.1. The minimum atomic E-state index is -0.753. The molecule has 0 spiro atoms. The van der Waals surface area contributed by atoms with Crippen molar-refractivity contribution >= 4 is 17.3 Å². The summed E-state index contributed by atoms with van der Waals surface area (Å²) in [6, 6.07) is 2.19. The van der Waals surface area contributed by atoms with Crippen LogP contribution < -0.4 is 11.5 Å². The van der Waals surface area contributed by atoms with Gasteiger partial charge in [-0.15, -0.1) is 0 Å². The zero-order valence-electron chi connectivity index (χ0n) is 9.50. The predicted octanol–water partition coefficient (Wildman–Crippen LogP) is 1.95. The van der Waals surface area contributed by atoms with Gasteiger partial charge in [-0.3, -0.25) is 0 Å². The summed E-state index contributed by atoms with van der Waals surface area (Å²) in [5.41, 5.74) is 10.3. The molecule has 0 radical (unpaired) electrons. The molecule has 0 atom stereocenters. The molecule has 1 rings (SSSR count). The summed E-state index contributed by atoms with van der Waals surface area (Å²) in [7, 11) is 0. The van der Waals surface area contributed by atoms with Crippen molar-refractivity contribution in [1.29, 1.82) is 0 Å². The van der Waals surface area contributed by atoms with E-state index in [0.29, 0.717) is 0 Å². The van der Waals surface area contributed by atoms with E-state index in [1.807, 2.05) is 0 Å². The summed E-state index contributed by atoms with van der Waals surface area (Å²) in [5, 5.41) is 0. The molecule has 0 saturated carbocycles. The molecule has 0 saturated heterocycles. The highest BCUT2D eigenvalue weighted by Gasteiger charge is 2.21. The van der Waals surface area contributed by atoms with Crippen LogP contribution in [-0.2, 0) is 4.74 Å². The van der Waals surface area contributed by atoms with E-state index < -0.39 is 17.4 Å². The Morgan fingerprint density at radius 2 is 1.75 bits per heavy atom.